The van der Waals surface area contributed by atoms with Gasteiger partial charge in [-0.3, -0.25) is 9.10 Å². The topological polar surface area (TPSA) is 57.7 Å². The van der Waals surface area contributed by atoms with E-state index < -0.39 is 10.0 Å². The summed E-state index contributed by atoms with van der Waals surface area (Å²) >= 11 is 0. The van der Waals surface area contributed by atoms with Crippen LogP contribution in [-0.4, -0.2) is 33.7 Å². The van der Waals surface area contributed by atoms with Crippen LogP contribution < -0.4 is 9.21 Å². The van der Waals surface area contributed by atoms with Gasteiger partial charge < -0.3 is 4.90 Å². The summed E-state index contributed by atoms with van der Waals surface area (Å²) < 4.78 is 26.1. The normalized spacial score (nSPS) is 11.3. The van der Waals surface area contributed by atoms with Crippen LogP contribution in [-0.2, 0) is 21.2 Å². The predicted molar refractivity (Wildman–Crippen MR) is 112 cm³/mol. The van der Waals surface area contributed by atoms with E-state index in [0.717, 1.165) is 23.2 Å². The van der Waals surface area contributed by atoms with Crippen molar-refractivity contribution in [3.63, 3.8) is 0 Å². The van der Waals surface area contributed by atoms with E-state index >= 15 is 0 Å². The highest BCUT2D eigenvalue weighted by Crippen LogP contribution is 2.24. The second-order valence-corrected chi connectivity index (χ2v) is 8.45. The quantitative estimate of drug-likeness (QED) is 0.692. The second-order valence-electron chi connectivity index (χ2n) is 6.54. The average Bonchev–Trinajstić information content (AvgIpc) is 2.62. The molecule has 6 heteroatoms. The van der Waals surface area contributed by atoms with Gasteiger partial charge in [-0.1, -0.05) is 37.3 Å². The molecule has 27 heavy (non-hydrogen) atoms. The SMILES string of the molecule is CCc1ccccc1N(CCC(=O)N(CC)c1cccc(C)c1)S(C)(=O)=O. The highest BCUT2D eigenvalue weighted by atomic mass is 32.2. The van der Waals surface area contributed by atoms with E-state index in [0.29, 0.717) is 12.2 Å². The fraction of sp³-hybridized carbons (Fsp3) is 0.381. The molecule has 0 saturated carbocycles. The van der Waals surface area contributed by atoms with E-state index in [1.165, 1.54) is 10.6 Å². The summed E-state index contributed by atoms with van der Waals surface area (Å²) in [6.45, 7) is 6.54. The van der Waals surface area contributed by atoms with E-state index in [9.17, 15) is 13.2 Å². The monoisotopic (exact) mass is 388 g/mol. The van der Waals surface area contributed by atoms with Crippen molar-refractivity contribution < 1.29 is 13.2 Å². The maximum Gasteiger partial charge on any atom is 0.232 e. The molecular weight excluding hydrogens is 360 g/mol. The molecule has 0 radical (unpaired) electrons. The van der Waals surface area contributed by atoms with Gasteiger partial charge >= 0.3 is 0 Å². The highest BCUT2D eigenvalue weighted by Gasteiger charge is 2.22. The van der Waals surface area contributed by atoms with Gasteiger partial charge in [0.2, 0.25) is 15.9 Å². The summed E-state index contributed by atoms with van der Waals surface area (Å²) in [5.74, 6) is -0.0919. The Labute approximate surface area is 162 Å². The molecule has 0 heterocycles. The minimum Gasteiger partial charge on any atom is -0.313 e. The van der Waals surface area contributed by atoms with Gasteiger partial charge in [-0.25, -0.2) is 8.42 Å². The van der Waals surface area contributed by atoms with Crippen LogP contribution in [0.15, 0.2) is 48.5 Å². The molecule has 5 nitrogen and oxygen atoms in total. The highest BCUT2D eigenvalue weighted by molar-refractivity contribution is 7.92. The maximum atomic E-state index is 12.8. The molecule has 0 spiro atoms. The first-order valence-electron chi connectivity index (χ1n) is 9.20. The molecule has 0 aliphatic heterocycles. The first-order valence-corrected chi connectivity index (χ1v) is 11.0. The molecule has 0 saturated heterocycles. The van der Waals surface area contributed by atoms with E-state index in [1.54, 1.807) is 11.0 Å². The van der Waals surface area contributed by atoms with Gasteiger partial charge in [0.05, 0.1) is 11.9 Å². The summed E-state index contributed by atoms with van der Waals surface area (Å²) in [6.07, 6.45) is 2.02. The van der Waals surface area contributed by atoms with Crippen molar-refractivity contribution in [3.05, 3.63) is 59.7 Å². The number of carbonyl (C=O) groups is 1. The summed E-state index contributed by atoms with van der Waals surface area (Å²) in [6, 6.07) is 15.2. The van der Waals surface area contributed by atoms with Crippen LogP contribution in [0.4, 0.5) is 11.4 Å². The van der Waals surface area contributed by atoms with Crippen LogP contribution in [0.25, 0.3) is 0 Å². The molecule has 0 aromatic heterocycles. The summed E-state index contributed by atoms with van der Waals surface area (Å²) in [4.78, 5) is 14.5. The zero-order valence-electron chi connectivity index (χ0n) is 16.5. The zero-order valence-corrected chi connectivity index (χ0v) is 17.3. The van der Waals surface area contributed by atoms with Gasteiger partial charge in [-0.15, -0.1) is 0 Å². The fourth-order valence-corrected chi connectivity index (χ4v) is 4.11. The molecule has 0 atom stereocenters. The lowest BCUT2D eigenvalue weighted by molar-refractivity contribution is -0.118. The summed E-state index contributed by atoms with van der Waals surface area (Å²) in [5, 5.41) is 0. The van der Waals surface area contributed by atoms with E-state index in [1.807, 2.05) is 63.2 Å². The molecule has 0 fully saturated rings. The number of aryl methyl sites for hydroxylation is 2. The zero-order chi connectivity index (χ0) is 20.0. The molecule has 2 aromatic carbocycles. The van der Waals surface area contributed by atoms with E-state index in [-0.39, 0.29) is 18.9 Å². The Morgan fingerprint density at radius 3 is 2.33 bits per heavy atom. The number of nitrogens with zero attached hydrogens (tertiary/aromatic N) is 2. The van der Waals surface area contributed by atoms with Crippen molar-refractivity contribution in [1.29, 1.82) is 0 Å². The minimum atomic E-state index is -3.49. The molecule has 2 rings (SSSR count). The van der Waals surface area contributed by atoms with Crippen molar-refractivity contribution in [2.45, 2.75) is 33.6 Å². The number of amides is 1. The molecule has 0 N–H and O–H groups in total. The third kappa shape index (κ3) is 5.32. The van der Waals surface area contributed by atoms with Gasteiger partial charge in [0, 0.05) is 25.2 Å². The Kier molecular flexibility index (Phi) is 7.02. The third-order valence-electron chi connectivity index (χ3n) is 4.50. The second kappa shape index (κ2) is 9.04. The number of sulfonamides is 1. The van der Waals surface area contributed by atoms with Gasteiger partial charge in [0.15, 0.2) is 0 Å². The smallest absolute Gasteiger partial charge is 0.232 e. The largest absolute Gasteiger partial charge is 0.313 e. The molecule has 0 bridgehead atoms. The molecule has 2 aromatic rings. The van der Waals surface area contributed by atoms with E-state index in [4.69, 9.17) is 0 Å². The average molecular weight is 389 g/mol. The molecule has 0 aliphatic carbocycles. The Morgan fingerprint density at radius 2 is 1.74 bits per heavy atom. The molecule has 0 aliphatic rings. The Hall–Kier alpha value is -2.34. The van der Waals surface area contributed by atoms with Crippen molar-refractivity contribution >= 4 is 27.3 Å². The van der Waals surface area contributed by atoms with Crippen LogP contribution in [0.5, 0.6) is 0 Å². The number of hydrogen-bond donors (Lipinski definition) is 0. The van der Waals surface area contributed by atoms with Crippen LogP contribution in [0.3, 0.4) is 0 Å². The number of hydrogen-bond acceptors (Lipinski definition) is 3. The molecule has 146 valence electrons. The van der Waals surface area contributed by atoms with Crippen molar-refractivity contribution in [3.8, 4) is 0 Å². The van der Waals surface area contributed by atoms with Gasteiger partial charge in [-0.2, -0.15) is 0 Å². The third-order valence-corrected chi connectivity index (χ3v) is 5.68. The lowest BCUT2D eigenvalue weighted by Crippen LogP contribution is -2.37. The number of carbonyl (C=O) groups excluding carboxylic acids is 1. The van der Waals surface area contributed by atoms with Gasteiger partial charge in [0.25, 0.3) is 0 Å². The Morgan fingerprint density at radius 1 is 1.04 bits per heavy atom. The first-order chi connectivity index (χ1) is 12.8. The van der Waals surface area contributed by atoms with Crippen molar-refractivity contribution in [2.75, 3.05) is 28.6 Å². The lowest BCUT2D eigenvalue weighted by Gasteiger charge is -2.27. The fourth-order valence-electron chi connectivity index (χ4n) is 3.15. The number of rotatable bonds is 8. The van der Waals surface area contributed by atoms with Crippen LogP contribution in [0.1, 0.15) is 31.4 Å². The molecular formula is C21H28N2O3S. The minimum absolute atomic E-state index is 0.0919. The lowest BCUT2D eigenvalue weighted by atomic mass is 10.1. The van der Waals surface area contributed by atoms with Crippen molar-refractivity contribution in [2.24, 2.45) is 0 Å². The van der Waals surface area contributed by atoms with Crippen molar-refractivity contribution in [1.82, 2.24) is 0 Å². The van der Waals surface area contributed by atoms with Gasteiger partial charge in [0.1, 0.15) is 0 Å². The first kappa shape index (κ1) is 21.0. The summed E-state index contributed by atoms with van der Waals surface area (Å²) in [5.41, 5.74) is 3.51. The van der Waals surface area contributed by atoms with Crippen LogP contribution in [0.2, 0.25) is 0 Å². The summed E-state index contributed by atoms with van der Waals surface area (Å²) in [7, 11) is -3.49. The Bertz CT molecular complexity index is 894. The van der Waals surface area contributed by atoms with Crippen LogP contribution in [0, 0.1) is 6.92 Å². The Balaban J connectivity index is 2.23. The number of benzene rings is 2. The van der Waals surface area contributed by atoms with Gasteiger partial charge in [-0.05, 0) is 49.6 Å². The number of anilines is 2. The maximum absolute atomic E-state index is 12.8. The molecule has 0 unspecified atom stereocenters. The predicted octanol–water partition coefficient (Wildman–Crippen LogP) is 3.77. The van der Waals surface area contributed by atoms with E-state index in [2.05, 4.69) is 0 Å². The molecule has 1 amide bonds. The van der Waals surface area contributed by atoms with Crippen LogP contribution >= 0.6 is 0 Å². The number of para-hydroxylation sites is 1. The standard InChI is InChI=1S/C21H28N2O3S/c1-5-18-11-7-8-13-20(18)23(27(4,25)26)15-14-21(24)22(6-2)19-12-9-10-17(3)16-19/h7-13,16H,5-6,14-15H2,1-4H3.